The first-order valence-electron chi connectivity index (χ1n) is 17.4. The van der Waals surface area contributed by atoms with Crippen LogP contribution in [0.15, 0.2) is 0 Å². The molecule has 1 rings (SSSR count). The summed E-state index contributed by atoms with van der Waals surface area (Å²) in [6.07, 6.45) is -0.0181. The van der Waals surface area contributed by atoms with E-state index in [-0.39, 0.29) is 69.5 Å². The summed E-state index contributed by atoms with van der Waals surface area (Å²) in [7, 11) is -13.3. The molecule has 0 N–H and O–H groups in total. The Balaban J connectivity index is 4.44. The molecular formula is C32H72O8Si4. The van der Waals surface area contributed by atoms with Gasteiger partial charge in [-0.2, -0.15) is 0 Å². The topological polar surface area (TPSA) is 73.8 Å². The van der Waals surface area contributed by atoms with Gasteiger partial charge in [-0.3, -0.25) is 0 Å². The van der Waals surface area contributed by atoms with Crippen LogP contribution in [-0.4, -0.2) is 81.6 Å². The van der Waals surface area contributed by atoms with Crippen LogP contribution in [0.5, 0.6) is 0 Å². The fourth-order valence-electron chi connectivity index (χ4n) is 6.58. The first-order chi connectivity index (χ1) is 20.0. The third-order valence-corrected chi connectivity index (χ3v) is 30.4. The minimum absolute atomic E-state index is 0.00453. The molecule has 4 unspecified atom stereocenters. The van der Waals surface area contributed by atoms with Crippen molar-refractivity contribution in [2.24, 2.45) is 0 Å². The molecule has 0 amide bonds. The summed E-state index contributed by atoms with van der Waals surface area (Å²) in [6.45, 7) is 42.8. The zero-order valence-corrected chi connectivity index (χ0v) is 36.2. The predicted molar refractivity (Wildman–Crippen MR) is 190 cm³/mol. The normalized spacial score (nSPS) is 31.9. The summed E-state index contributed by atoms with van der Waals surface area (Å²) >= 11 is 0. The van der Waals surface area contributed by atoms with Crippen molar-refractivity contribution in [3.63, 3.8) is 0 Å². The fraction of sp³-hybridized carbons (Fsp3) is 1.00. The molecular weight excluding hydrogens is 625 g/mol. The molecule has 1 aliphatic heterocycles. The second-order valence-electron chi connectivity index (χ2n) is 15.2. The van der Waals surface area contributed by atoms with Gasteiger partial charge in [0.1, 0.15) is 0 Å². The summed E-state index contributed by atoms with van der Waals surface area (Å²) < 4.78 is 58.3. The quantitative estimate of drug-likeness (QED) is 0.148. The van der Waals surface area contributed by atoms with E-state index in [0.29, 0.717) is 0 Å². The van der Waals surface area contributed by atoms with Crippen LogP contribution in [-0.2, 0) is 35.4 Å². The van der Waals surface area contributed by atoms with Crippen LogP contribution < -0.4 is 0 Å². The molecule has 0 aromatic carbocycles. The Bertz CT molecular complexity index is 708. The highest BCUT2D eigenvalue weighted by Gasteiger charge is 2.72. The number of hydrogen-bond donors (Lipinski definition) is 0. The summed E-state index contributed by atoms with van der Waals surface area (Å²) in [4.78, 5) is 0. The maximum Gasteiger partial charge on any atom is 0.353 e. The fourth-order valence-corrected chi connectivity index (χ4v) is 35.2. The van der Waals surface area contributed by atoms with Crippen molar-refractivity contribution in [1.82, 2.24) is 0 Å². The highest BCUT2D eigenvalue weighted by atomic mass is 28.5. The molecule has 1 fully saturated rings. The first kappa shape index (κ1) is 42.6. The van der Waals surface area contributed by atoms with E-state index in [1.807, 2.05) is 0 Å². The molecule has 0 aromatic heterocycles. The lowest BCUT2D eigenvalue weighted by molar-refractivity contribution is -0.0103. The molecule has 0 saturated carbocycles. The Kier molecular flexibility index (Phi) is 16.2. The van der Waals surface area contributed by atoms with Crippen LogP contribution in [0.2, 0.25) is 22.2 Å². The van der Waals surface area contributed by atoms with Crippen molar-refractivity contribution in [1.29, 1.82) is 0 Å². The molecule has 0 bridgehead atoms. The molecule has 12 heteroatoms. The van der Waals surface area contributed by atoms with Crippen LogP contribution >= 0.6 is 0 Å². The van der Waals surface area contributed by atoms with E-state index in [4.69, 9.17) is 35.4 Å². The molecule has 1 saturated heterocycles. The second-order valence-corrected chi connectivity index (χ2v) is 32.1. The van der Waals surface area contributed by atoms with Crippen LogP contribution in [0, 0.1) is 0 Å². The summed E-state index contributed by atoms with van der Waals surface area (Å²) in [5.74, 6) is 0. The van der Waals surface area contributed by atoms with E-state index in [0.717, 1.165) is 0 Å². The largest absolute Gasteiger partial charge is 0.412 e. The van der Waals surface area contributed by atoms with Gasteiger partial charge in [0, 0.05) is 0 Å². The summed E-state index contributed by atoms with van der Waals surface area (Å²) in [5.41, 5.74) is -1.02. The zero-order valence-electron chi connectivity index (χ0n) is 32.2. The lowest BCUT2D eigenvalue weighted by atomic mass is 10.5. The number of rotatable bonds is 16. The van der Waals surface area contributed by atoms with Crippen molar-refractivity contribution in [2.45, 2.75) is 208 Å². The van der Waals surface area contributed by atoms with Crippen molar-refractivity contribution < 1.29 is 35.4 Å². The van der Waals surface area contributed by atoms with Gasteiger partial charge in [-0.05, 0) is 105 Å². The Hall–Kier alpha value is 0.548. The van der Waals surface area contributed by atoms with Crippen LogP contribution in [0.1, 0.15) is 138 Å². The van der Waals surface area contributed by atoms with E-state index < -0.39 is 34.2 Å². The van der Waals surface area contributed by atoms with Crippen LogP contribution in [0.3, 0.4) is 0 Å². The molecule has 4 atom stereocenters. The van der Waals surface area contributed by atoms with Gasteiger partial charge in [0.05, 0.1) is 47.3 Å². The van der Waals surface area contributed by atoms with Gasteiger partial charge < -0.3 is 35.4 Å². The molecule has 44 heavy (non-hydrogen) atoms. The minimum atomic E-state index is -3.32. The molecule has 0 spiro atoms. The number of hydrogen-bond acceptors (Lipinski definition) is 8. The minimum Gasteiger partial charge on any atom is -0.412 e. The molecule has 1 aliphatic rings. The van der Waals surface area contributed by atoms with Gasteiger partial charge in [0.25, 0.3) is 0 Å². The monoisotopic (exact) mass is 696 g/mol. The molecule has 1 heterocycles. The van der Waals surface area contributed by atoms with Crippen molar-refractivity contribution in [3.05, 3.63) is 0 Å². The average Bonchev–Trinajstić information content (AvgIpc) is 2.82. The van der Waals surface area contributed by atoms with Gasteiger partial charge in [0.2, 0.25) is 0 Å². The molecule has 0 aromatic rings. The van der Waals surface area contributed by atoms with E-state index in [9.17, 15) is 0 Å². The van der Waals surface area contributed by atoms with Gasteiger partial charge in [0.15, 0.2) is 0 Å². The molecule has 8 nitrogen and oxygen atoms in total. The smallest absolute Gasteiger partial charge is 0.353 e. The van der Waals surface area contributed by atoms with Gasteiger partial charge >= 0.3 is 34.2 Å². The Labute approximate surface area is 276 Å². The highest BCUT2D eigenvalue weighted by molar-refractivity contribution is 6.97. The molecule has 0 radical (unpaired) electrons. The zero-order chi connectivity index (χ0) is 34.6. The van der Waals surface area contributed by atoms with E-state index in [1.54, 1.807) is 0 Å². The maximum atomic E-state index is 7.90. The number of ether oxygens (including phenoxy) is 4. The molecule has 0 aliphatic carbocycles. The van der Waals surface area contributed by atoms with Gasteiger partial charge in [-0.15, -0.1) is 0 Å². The Morgan fingerprint density at radius 3 is 0.500 bits per heavy atom. The van der Waals surface area contributed by atoms with Gasteiger partial charge in [-0.25, -0.2) is 0 Å². The van der Waals surface area contributed by atoms with Crippen molar-refractivity contribution >= 4 is 34.2 Å². The third kappa shape index (κ3) is 9.37. The summed E-state index contributed by atoms with van der Waals surface area (Å²) in [6, 6.07) is 0. The van der Waals surface area contributed by atoms with Crippen LogP contribution in [0.4, 0.5) is 0 Å². The average molecular weight is 697 g/mol. The predicted octanol–water partition coefficient (Wildman–Crippen LogP) is 8.89. The van der Waals surface area contributed by atoms with E-state index in [1.165, 1.54) is 0 Å². The maximum absolute atomic E-state index is 7.90. The highest BCUT2D eigenvalue weighted by Crippen LogP contribution is 2.50. The molecule has 264 valence electrons. The van der Waals surface area contributed by atoms with Crippen molar-refractivity contribution in [2.75, 3.05) is 0 Å². The standard InChI is InChI=1S/C32H72O8Si4/c1-21(2)33-29(17)41(25(9)10)37-42(26(11)12,30(18)34-22(3)4)39-44(28(15)16,32(20)36-24(7)8)40-43(38-41,27(13)14)31(19)35-23(5)6/h21-32H,1-20H3. The van der Waals surface area contributed by atoms with Crippen molar-refractivity contribution in [3.8, 4) is 0 Å². The SMILES string of the molecule is CC(C)OC(C)[Si]1(C(C)C)O[Si](C(C)C)(C(C)OC(C)C)O[Si](C(C)C)(C(C)OC(C)C)O[Si](C(C)C)(C(C)OC(C)C)O1. The Morgan fingerprint density at radius 1 is 0.273 bits per heavy atom. The van der Waals surface area contributed by atoms with E-state index in [2.05, 4.69) is 138 Å². The third-order valence-electron chi connectivity index (χ3n) is 8.67. The lowest BCUT2D eigenvalue weighted by Crippen LogP contribution is -2.81. The van der Waals surface area contributed by atoms with Gasteiger partial charge in [-0.1, -0.05) is 55.4 Å². The second kappa shape index (κ2) is 16.8. The Morgan fingerprint density at radius 2 is 0.409 bits per heavy atom. The van der Waals surface area contributed by atoms with E-state index >= 15 is 0 Å². The lowest BCUT2D eigenvalue weighted by Gasteiger charge is -2.60. The summed E-state index contributed by atoms with van der Waals surface area (Å²) in [5, 5.41) is 0. The van der Waals surface area contributed by atoms with Crippen LogP contribution in [0.25, 0.3) is 0 Å². The first-order valence-corrected chi connectivity index (χ1v) is 25.3.